The van der Waals surface area contributed by atoms with Crippen molar-refractivity contribution in [2.75, 3.05) is 11.6 Å². The summed E-state index contributed by atoms with van der Waals surface area (Å²) in [5, 5.41) is 6.35. The van der Waals surface area contributed by atoms with E-state index in [0.717, 1.165) is 5.56 Å². The number of hydrogen-bond acceptors (Lipinski definition) is 4. The molecule has 3 aromatic rings. The fraction of sp³-hybridized carbons (Fsp3) is 0.227. The Hall–Kier alpha value is -3.13. The number of nitrogens with zero attached hydrogens (tertiary/aromatic N) is 2. The average Bonchev–Trinajstić information content (AvgIpc) is 3.17. The first-order chi connectivity index (χ1) is 14.4. The van der Waals surface area contributed by atoms with Gasteiger partial charge in [0.05, 0.1) is 6.20 Å². The Balaban J connectivity index is 1.70. The number of nitrogens with one attached hydrogen (secondary N) is 2. The minimum Gasteiger partial charge on any atom is -0.347 e. The third-order valence-electron chi connectivity index (χ3n) is 4.43. The first-order valence-corrected chi connectivity index (χ1v) is 10.7. The molecule has 2 N–H and O–H groups in total. The van der Waals surface area contributed by atoms with Gasteiger partial charge in [0.2, 0.25) is 5.91 Å². The van der Waals surface area contributed by atoms with E-state index in [2.05, 4.69) is 15.6 Å². The molecule has 0 aliphatic heterocycles. The molecule has 0 radical (unpaired) electrons. The molecule has 0 atom stereocenters. The lowest BCUT2D eigenvalue weighted by Gasteiger charge is -2.12. The van der Waals surface area contributed by atoms with Crippen molar-refractivity contribution < 1.29 is 14.0 Å². The Labute approximate surface area is 178 Å². The van der Waals surface area contributed by atoms with Gasteiger partial charge in [0, 0.05) is 23.8 Å². The molecule has 0 aliphatic carbocycles. The Kier molecular flexibility index (Phi) is 6.89. The van der Waals surface area contributed by atoms with Crippen LogP contribution in [0.3, 0.4) is 0 Å². The van der Waals surface area contributed by atoms with E-state index in [-0.39, 0.29) is 23.5 Å². The first-order valence-electron chi connectivity index (χ1n) is 9.44. The van der Waals surface area contributed by atoms with E-state index in [1.54, 1.807) is 28.8 Å². The molecule has 2 aromatic carbocycles. The van der Waals surface area contributed by atoms with E-state index in [4.69, 9.17) is 0 Å². The lowest BCUT2D eigenvalue weighted by atomic mass is 10.1. The molecule has 30 heavy (non-hydrogen) atoms. The number of carbonyl (C=O) groups is 2. The normalized spacial score (nSPS) is 10.8. The van der Waals surface area contributed by atoms with Gasteiger partial charge in [-0.3, -0.25) is 14.2 Å². The third kappa shape index (κ3) is 5.07. The van der Waals surface area contributed by atoms with Gasteiger partial charge in [-0.1, -0.05) is 37.7 Å². The number of aromatic nitrogens is 2. The maximum absolute atomic E-state index is 13.3. The van der Waals surface area contributed by atoms with Crippen LogP contribution < -0.4 is 10.6 Å². The quantitative estimate of drug-likeness (QED) is 0.554. The van der Waals surface area contributed by atoms with Gasteiger partial charge in [-0.15, -0.1) is 0 Å². The number of imidazole rings is 1. The molecule has 0 saturated carbocycles. The summed E-state index contributed by atoms with van der Waals surface area (Å²) in [6, 6.07) is 13.2. The first kappa shape index (κ1) is 21.6. The van der Waals surface area contributed by atoms with E-state index < -0.39 is 0 Å². The van der Waals surface area contributed by atoms with Crippen LogP contribution in [0.5, 0.6) is 0 Å². The fourth-order valence-corrected chi connectivity index (χ4v) is 3.29. The van der Waals surface area contributed by atoms with Crippen molar-refractivity contribution >= 4 is 29.3 Å². The number of amides is 2. The largest absolute Gasteiger partial charge is 0.347 e. The van der Waals surface area contributed by atoms with Gasteiger partial charge < -0.3 is 10.6 Å². The number of halogens is 1. The van der Waals surface area contributed by atoms with Gasteiger partial charge in [0.1, 0.15) is 11.5 Å². The van der Waals surface area contributed by atoms with Crippen molar-refractivity contribution in [3.8, 4) is 5.69 Å². The van der Waals surface area contributed by atoms with Gasteiger partial charge in [-0.05, 0) is 48.2 Å². The summed E-state index contributed by atoms with van der Waals surface area (Å²) in [6.45, 7) is 3.98. The smallest absolute Gasteiger partial charge is 0.270 e. The number of anilines is 1. The predicted molar refractivity (Wildman–Crippen MR) is 116 cm³/mol. The summed E-state index contributed by atoms with van der Waals surface area (Å²) in [4.78, 5) is 28.8. The fourth-order valence-electron chi connectivity index (χ4n) is 2.74. The summed E-state index contributed by atoms with van der Waals surface area (Å²) in [5.41, 5.74) is 2.63. The average molecular weight is 427 g/mol. The van der Waals surface area contributed by atoms with Gasteiger partial charge >= 0.3 is 0 Å². The van der Waals surface area contributed by atoms with Crippen molar-refractivity contribution in [3.05, 3.63) is 71.8 Å². The number of hydrogen-bond donors (Lipinski definition) is 2. The molecule has 0 spiro atoms. The zero-order chi connectivity index (χ0) is 21.7. The monoisotopic (exact) mass is 426 g/mol. The van der Waals surface area contributed by atoms with Crippen molar-refractivity contribution in [1.29, 1.82) is 0 Å². The van der Waals surface area contributed by atoms with Crippen LogP contribution in [0.1, 0.15) is 29.9 Å². The molecule has 2 amide bonds. The minimum atomic E-state index is -0.344. The molecule has 156 valence electrons. The van der Waals surface area contributed by atoms with E-state index >= 15 is 0 Å². The lowest BCUT2D eigenvalue weighted by Crippen LogP contribution is -2.25. The zero-order valence-electron chi connectivity index (χ0n) is 17.0. The van der Waals surface area contributed by atoms with Crippen LogP contribution in [0.25, 0.3) is 5.69 Å². The maximum atomic E-state index is 13.3. The second-order valence-electron chi connectivity index (χ2n) is 6.97. The van der Waals surface area contributed by atoms with Crippen molar-refractivity contribution in [3.63, 3.8) is 0 Å². The third-order valence-corrected chi connectivity index (χ3v) is 5.08. The van der Waals surface area contributed by atoms with E-state index in [0.29, 0.717) is 28.8 Å². The number of benzene rings is 2. The van der Waals surface area contributed by atoms with Crippen LogP contribution in [0.4, 0.5) is 10.1 Å². The predicted octanol–water partition coefficient (Wildman–Crippen LogP) is 4.26. The lowest BCUT2D eigenvalue weighted by molar-refractivity contribution is -0.118. The molecule has 6 nitrogen and oxygen atoms in total. The zero-order valence-corrected chi connectivity index (χ0v) is 17.8. The molecule has 0 fully saturated rings. The Bertz CT molecular complexity index is 1030. The highest BCUT2D eigenvalue weighted by Crippen LogP contribution is 2.22. The summed E-state index contributed by atoms with van der Waals surface area (Å²) < 4.78 is 15.0. The topological polar surface area (TPSA) is 76.0 Å². The second kappa shape index (κ2) is 9.58. The van der Waals surface area contributed by atoms with Gasteiger partial charge in [0.15, 0.2) is 5.16 Å². The molecule has 0 aliphatic rings. The van der Waals surface area contributed by atoms with Gasteiger partial charge in [-0.25, -0.2) is 9.37 Å². The summed E-state index contributed by atoms with van der Waals surface area (Å²) >= 11 is 1.40. The molecule has 0 unspecified atom stereocenters. The van der Waals surface area contributed by atoms with E-state index in [1.165, 1.54) is 30.1 Å². The summed E-state index contributed by atoms with van der Waals surface area (Å²) in [7, 11) is 0. The minimum absolute atomic E-state index is 0.0466. The Morgan fingerprint density at radius 1 is 1.10 bits per heavy atom. The summed E-state index contributed by atoms with van der Waals surface area (Å²) in [6.07, 6.45) is 3.37. The van der Waals surface area contributed by atoms with E-state index in [9.17, 15) is 14.0 Å². The van der Waals surface area contributed by atoms with Crippen molar-refractivity contribution in [2.24, 2.45) is 5.92 Å². The molecular weight excluding hydrogens is 403 g/mol. The SMILES string of the molecule is CSc1ncc(C(=O)NCc2ccc(NC(=O)C(C)C)cc2)n1-c1ccc(F)cc1. The maximum Gasteiger partial charge on any atom is 0.270 e. The molecule has 0 bridgehead atoms. The molecular formula is C22H23FN4O2S. The number of rotatable bonds is 7. The second-order valence-corrected chi connectivity index (χ2v) is 7.74. The highest BCUT2D eigenvalue weighted by Gasteiger charge is 2.17. The van der Waals surface area contributed by atoms with Crippen LogP contribution in [-0.2, 0) is 11.3 Å². The van der Waals surface area contributed by atoms with Crippen molar-refractivity contribution in [2.45, 2.75) is 25.5 Å². The molecule has 8 heteroatoms. The standard InChI is InChI=1S/C22H23FN4O2S/c1-14(2)20(28)26-17-8-4-15(5-9-17)12-24-21(29)19-13-25-22(30-3)27(19)18-10-6-16(23)7-11-18/h4-11,13-14H,12H2,1-3H3,(H,24,29)(H,26,28). The Morgan fingerprint density at radius 2 is 1.77 bits per heavy atom. The number of carbonyl (C=O) groups excluding carboxylic acids is 2. The molecule has 0 saturated heterocycles. The molecule has 3 rings (SSSR count). The molecule has 1 heterocycles. The van der Waals surface area contributed by atoms with E-state index in [1.807, 2.05) is 32.2 Å². The van der Waals surface area contributed by atoms with Crippen molar-refractivity contribution in [1.82, 2.24) is 14.9 Å². The molecule has 1 aromatic heterocycles. The van der Waals surface area contributed by atoms with Crippen LogP contribution >= 0.6 is 11.8 Å². The summed E-state index contributed by atoms with van der Waals surface area (Å²) in [5.74, 6) is -0.774. The number of thioether (sulfide) groups is 1. The van der Waals surface area contributed by atoms with Gasteiger partial charge in [-0.2, -0.15) is 0 Å². The highest BCUT2D eigenvalue weighted by molar-refractivity contribution is 7.98. The van der Waals surface area contributed by atoms with Crippen LogP contribution in [0.15, 0.2) is 59.9 Å². The van der Waals surface area contributed by atoms with Crippen LogP contribution in [-0.4, -0.2) is 27.6 Å². The Morgan fingerprint density at radius 3 is 2.37 bits per heavy atom. The highest BCUT2D eigenvalue weighted by atomic mass is 32.2. The van der Waals surface area contributed by atoms with Crippen LogP contribution in [0, 0.1) is 11.7 Å². The van der Waals surface area contributed by atoms with Gasteiger partial charge in [0.25, 0.3) is 5.91 Å². The van der Waals surface area contributed by atoms with Crippen LogP contribution in [0.2, 0.25) is 0 Å².